The summed E-state index contributed by atoms with van der Waals surface area (Å²) in [7, 11) is 3.14. The highest BCUT2D eigenvalue weighted by Crippen LogP contribution is 2.49. The Hall–Kier alpha value is -4.00. The first-order valence-electron chi connectivity index (χ1n) is 12.8. The Balaban J connectivity index is 1.40. The summed E-state index contributed by atoms with van der Waals surface area (Å²) >= 11 is 0. The van der Waals surface area contributed by atoms with Gasteiger partial charge in [-0.15, -0.1) is 0 Å². The van der Waals surface area contributed by atoms with Gasteiger partial charge in [-0.25, -0.2) is 0 Å². The largest absolute Gasteiger partial charge is 0.493 e. The molecule has 2 atom stereocenters. The molecule has 3 aliphatic rings. The van der Waals surface area contributed by atoms with Crippen LogP contribution in [-0.2, 0) is 11.2 Å². The standard InChI is InChI=1S/C30H31N3O4/c1-36-25-18-23-24(19-26(25)37-2)29(34)33-13-12-20-8-6-7-11-22(20)28(33)27(23)30(35)32-16-14-31(15-17-32)21-9-4-3-5-10-21/h3-11,18-19,27-28H,12-17H2,1-2H3/t27-,28+/m0/s1. The van der Waals surface area contributed by atoms with Crippen molar-refractivity contribution in [3.63, 3.8) is 0 Å². The molecule has 7 nitrogen and oxygen atoms in total. The lowest BCUT2D eigenvalue weighted by molar-refractivity contribution is -0.135. The zero-order valence-electron chi connectivity index (χ0n) is 21.2. The molecule has 0 N–H and O–H groups in total. The average Bonchev–Trinajstić information content (AvgIpc) is 2.97. The van der Waals surface area contributed by atoms with E-state index in [4.69, 9.17) is 9.47 Å². The first-order valence-corrected chi connectivity index (χ1v) is 12.8. The van der Waals surface area contributed by atoms with E-state index in [2.05, 4.69) is 29.2 Å². The summed E-state index contributed by atoms with van der Waals surface area (Å²) in [5.41, 5.74) is 4.68. The number of methoxy groups -OCH3 is 2. The molecule has 0 aromatic heterocycles. The van der Waals surface area contributed by atoms with Crippen molar-refractivity contribution in [1.82, 2.24) is 9.80 Å². The molecule has 1 fully saturated rings. The van der Waals surface area contributed by atoms with Gasteiger partial charge < -0.3 is 24.2 Å². The Bertz CT molecular complexity index is 1330. The van der Waals surface area contributed by atoms with E-state index in [0.717, 1.165) is 30.6 Å². The summed E-state index contributed by atoms with van der Waals surface area (Å²) in [5.74, 6) is 0.498. The molecule has 0 bridgehead atoms. The van der Waals surface area contributed by atoms with Gasteiger partial charge in [0.15, 0.2) is 11.5 Å². The van der Waals surface area contributed by atoms with Gasteiger partial charge in [0.2, 0.25) is 5.91 Å². The Kier molecular flexibility index (Phi) is 5.99. The molecular formula is C30H31N3O4. The van der Waals surface area contributed by atoms with Crippen molar-refractivity contribution >= 4 is 17.5 Å². The van der Waals surface area contributed by atoms with Crippen molar-refractivity contribution in [2.24, 2.45) is 0 Å². The number of piperazine rings is 1. The van der Waals surface area contributed by atoms with Crippen molar-refractivity contribution < 1.29 is 19.1 Å². The fourth-order valence-electron chi connectivity index (χ4n) is 6.14. The van der Waals surface area contributed by atoms with Gasteiger partial charge in [-0.05, 0) is 47.4 Å². The van der Waals surface area contributed by atoms with E-state index in [9.17, 15) is 9.59 Å². The normalized spacial score (nSPS) is 20.6. The van der Waals surface area contributed by atoms with E-state index in [1.807, 2.05) is 46.2 Å². The highest BCUT2D eigenvalue weighted by Gasteiger charge is 2.48. The third-order valence-corrected chi connectivity index (χ3v) is 8.01. The van der Waals surface area contributed by atoms with Crippen LogP contribution >= 0.6 is 0 Å². The summed E-state index contributed by atoms with van der Waals surface area (Å²) < 4.78 is 11.1. The van der Waals surface area contributed by atoms with Crippen LogP contribution in [0.3, 0.4) is 0 Å². The first kappa shape index (κ1) is 23.4. The minimum absolute atomic E-state index is 0.0559. The summed E-state index contributed by atoms with van der Waals surface area (Å²) in [5, 5.41) is 0. The minimum Gasteiger partial charge on any atom is -0.493 e. The maximum Gasteiger partial charge on any atom is 0.254 e. The highest BCUT2D eigenvalue weighted by molar-refractivity contribution is 6.02. The Labute approximate surface area is 217 Å². The van der Waals surface area contributed by atoms with Gasteiger partial charge in [0.05, 0.1) is 26.2 Å². The molecule has 0 saturated carbocycles. The second kappa shape index (κ2) is 9.47. The predicted octanol–water partition coefficient (Wildman–Crippen LogP) is 3.89. The van der Waals surface area contributed by atoms with Gasteiger partial charge in [-0.1, -0.05) is 42.5 Å². The maximum atomic E-state index is 14.4. The zero-order chi connectivity index (χ0) is 25.5. The lowest BCUT2D eigenvalue weighted by Crippen LogP contribution is -2.54. The third-order valence-electron chi connectivity index (χ3n) is 8.01. The zero-order valence-corrected chi connectivity index (χ0v) is 21.2. The maximum absolute atomic E-state index is 14.4. The van der Waals surface area contributed by atoms with Crippen LogP contribution in [0.2, 0.25) is 0 Å². The van der Waals surface area contributed by atoms with Gasteiger partial charge in [0.1, 0.15) is 0 Å². The van der Waals surface area contributed by atoms with Crippen molar-refractivity contribution in [2.75, 3.05) is 51.8 Å². The van der Waals surface area contributed by atoms with Crippen molar-refractivity contribution in [3.05, 3.63) is 89.0 Å². The Morgan fingerprint density at radius 3 is 2.22 bits per heavy atom. The number of amides is 2. The second-order valence-corrected chi connectivity index (χ2v) is 9.81. The molecule has 3 aromatic carbocycles. The molecule has 190 valence electrons. The van der Waals surface area contributed by atoms with Crippen LogP contribution in [0.25, 0.3) is 0 Å². The second-order valence-electron chi connectivity index (χ2n) is 9.81. The number of para-hydroxylation sites is 1. The quantitative estimate of drug-likeness (QED) is 0.547. The molecule has 7 heteroatoms. The van der Waals surface area contributed by atoms with Crippen LogP contribution in [0.1, 0.15) is 39.0 Å². The lowest BCUT2D eigenvalue weighted by atomic mass is 9.75. The molecule has 3 heterocycles. The number of hydrogen-bond donors (Lipinski definition) is 0. The number of anilines is 1. The number of hydrogen-bond acceptors (Lipinski definition) is 5. The molecule has 1 saturated heterocycles. The van der Waals surface area contributed by atoms with Crippen molar-refractivity contribution in [2.45, 2.75) is 18.4 Å². The number of carbonyl (C=O) groups is 2. The highest BCUT2D eigenvalue weighted by atomic mass is 16.5. The molecule has 0 radical (unpaired) electrons. The van der Waals surface area contributed by atoms with E-state index in [1.54, 1.807) is 20.3 Å². The smallest absolute Gasteiger partial charge is 0.254 e. The number of rotatable bonds is 4. The topological polar surface area (TPSA) is 62.3 Å². The van der Waals surface area contributed by atoms with Crippen LogP contribution in [0.15, 0.2) is 66.7 Å². The van der Waals surface area contributed by atoms with Gasteiger partial charge in [-0.3, -0.25) is 9.59 Å². The number of carbonyl (C=O) groups excluding carboxylic acids is 2. The molecule has 2 amide bonds. The summed E-state index contributed by atoms with van der Waals surface area (Å²) in [6.07, 6.45) is 0.775. The van der Waals surface area contributed by atoms with Gasteiger partial charge >= 0.3 is 0 Å². The first-order chi connectivity index (χ1) is 18.1. The third kappa shape index (κ3) is 3.89. The molecule has 37 heavy (non-hydrogen) atoms. The summed E-state index contributed by atoms with van der Waals surface area (Å²) in [6.45, 7) is 3.39. The van der Waals surface area contributed by atoms with Crippen LogP contribution in [0, 0.1) is 0 Å². The van der Waals surface area contributed by atoms with Gasteiger partial charge in [0, 0.05) is 44.0 Å². The van der Waals surface area contributed by atoms with E-state index in [0.29, 0.717) is 36.7 Å². The van der Waals surface area contributed by atoms with Crippen LogP contribution in [0.5, 0.6) is 11.5 Å². The lowest BCUT2D eigenvalue weighted by Gasteiger charge is -2.47. The molecule has 0 unspecified atom stereocenters. The molecule has 0 spiro atoms. The van der Waals surface area contributed by atoms with E-state index in [-0.39, 0.29) is 17.9 Å². The SMILES string of the molecule is COc1cc2c(cc1OC)[C@H](C(=O)N1CCN(c3ccccc3)CC1)[C@H]1c3ccccc3CCN1C2=O. The summed E-state index contributed by atoms with van der Waals surface area (Å²) in [4.78, 5) is 34.3. The van der Waals surface area contributed by atoms with Crippen LogP contribution < -0.4 is 14.4 Å². The van der Waals surface area contributed by atoms with E-state index in [1.165, 1.54) is 11.3 Å². The molecular weight excluding hydrogens is 466 g/mol. The fourth-order valence-corrected chi connectivity index (χ4v) is 6.14. The Morgan fingerprint density at radius 2 is 1.49 bits per heavy atom. The van der Waals surface area contributed by atoms with Crippen molar-refractivity contribution in [1.29, 1.82) is 0 Å². The van der Waals surface area contributed by atoms with Crippen molar-refractivity contribution in [3.8, 4) is 11.5 Å². The average molecular weight is 498 g/mol. The predicted molar refractivity (Wildman–Crippen MR) is 141 cm³/mol. The minimum atomic E-state index is -0.516. The van der Waals surface area contributed by atoms with E-state index >= 15 is 0 Å². The number of nitrogens with zero attached hydrogens (tertiary/aromatic N) is 3. The van der Waals surface area contributed by atoms with Crippen LogP contribution in [0.4, 0.5) is 5.69 Å². The molecule has 0 aliphatic carbocycles. The monoisotopic (exact) mass is 497 g/mol. The fraction of sp³-hybridized carbons (Fsp3) is 0.333. The van der Waals surface area contributed by atoms with Gasteiger partial charge in [-0.2, -0.15) is 0 Å². The van der Waals surface area contributed by atoms with Gasteiger partial charge in [0.25, 0.3) is 5.91 Å². The number of ether oxygens (including phenoxy) is 2. The molecule has 6 rings (SSSR count). The summed E-state index contributed by atoms with van der Waals surface area (Å²) in [6, 6.07) is 21.8. The Morgan fingerprint density at radius 1 is 0.811 bits per heavy atom. The molecule has 3 aliphatic heterocycles. The van der Waals surface area contributed by atoms with E-state index < -0.39 is 5.92 Å². The number of fused-ring (bicyclic) bond motifs is 4. The molecule has 3 aromatic rings. The number of benzene rings is 3. The van der Waals surface area contributed by atoms with Crippen LogP contribution in [-0.4, -0.2) is 68.6 Å².